The molecule has 1 fully saturated rings. The lowest BCUT2D eigenvalue weighted by Crippen LogP contribution is -2.44. The van der Waals surface area contributed by atoms with E-state index in [1.54, 1.807) is 41.5 Å². The number of hydrogen-bond acceptors (Lipinski definition) is 11. The minimum absolute atomic E-state index is 0.0909. The van der Waals surface area contributed by atoms with E-state index in [1.165, 1.54) is 0 Å². The molecular formula is C22H35N3O11. The molecule has 0 spiro atoms. The maximum Gasteiger partial charge on any atom is 0.536 e. The third-order valence-electron chi connectivity index (χ3n) is 4.11. The molecule has 0 aromatic rings. The van der Waals surface area contributed by atoms with Crippen LogP contribution >= 0.6 is 0 Å². The van der Waals surface area contributed by atoms with Gasteiger partial charge >= 0.3 is 24.3 Å². The highest BCUT2D eigenvalue weighted by atomic mass is 16.9. The fourth-order valence-corrected chi connectivity index (χ4v) is 2.67. The molecule has 1 rings (SSSR count). The van der Waals surface area contributed by atoms with Crippen molar-refractivity contribution in [2.45, 2.75) is 90.9 Å². The second kappa shape index (κ2) is 13.5. The van der Waals surface area contributed by atoms with E-state index in [9.17, 15) is 28.8 Å². The van der Waals surface area contributed by atoms with Crippen molar-refractivity contribution in [1.29, 1.82) is 0 Å². The molecule has 14 nitrogen and oxygen atoms in total. The first-order chi connectivity index (χ1) is 16.6. The summed E-state index contributed by atoms with van der Waals surface area (Å²) in [5.41, 5.74) is -1.45. The van der Waals surface area contributed by atoms with Gasteiger partial charge in [0.2, 0.25) is 6.79 Å². The predicted octanol–water partition coefficient (Wildman–Crippen LogP) is 2.29. The van der Waals surface area contributed by atoms with Gasteiger partial charge in [-0.05, 0) is 60.8 Å². The first-order valence-corrected chi connectivity index (χ1v) is 11.4. The summed E-state index contributed by atoms with van der Waals surface area (Å²) >= 11 is 0. The van der Waals surface area contributed by atoms with Crippen molar-refractivity contribution in [3.8, 4) is 0 Å². The molecule has 1 atom stereocenters. The Hall–Kier alpha value is -3.58. The van der Waals surface area contributed by atoms with Crippen molar-refractivity contribution >= 4 is 36.1 Å². The van der Waals surface area contributed by atoms with Gasteiger partial charge in [-0.3, -0.25) is 14.4 Å². The van der Waals surface area contributed by atoms with Crippen molar-refractivity contribution in [1.82, 2.24) is 15.7 Å². The van der Waals surface area contributed by atoms with E-state index in [0.717, 1.165) is 0 Å². The van der Waals surface area contributed by atoms with Crippen LogP contribution in [0.3, 0.4) is 0 Å². The quantitative estimate of drug-likeness (QED) is 0.143. The standard InChI is InChI=1S/C22H35N3O11/c1-21(2,3)34-18(29)23-12-8-7-9-14(24-19(30)35-22(4,5)6)17(28)32-13-33-20(31)36-25-15(26)10-11-16(25)27/h14H,7-13H2,1-6H3,(H,23,29)(H,24,30)/t14-/m0/s1. The summed E-state index contributed by atoms with van der Waals surface area (Å²) in [6, 6.07) is -1.15. The van der Waals surface area contributed by atoms with Gasteiger partial charge in [0.25, 0.3) is 11.8 Å². The molecule has 36 heavy (non-hydrogen) atoms. The number of carbonyl (C=O) groups is 6. The Labute approximate surface area is 209 Å². The summed E-state index contributed by atoms with van der Waals surface area (Å²) in [7, 11) is 0. The first-order valence-electron chi connectivity index (χ1n) is 11.4. The van der Waals surface area contributed by atoms with E-state index in [4.69, 9.17) is 14.2 Å². The molecule has 204 valence electrons. The maximum atomic E-state index is 12.5. The Morgan fingerprint density at radius 2 is 1.42 bits per heavy atom. The molecule has 0 bridgehead atoms. The van der Waals surface area contributed by atoms with Gasteiger partial charge in [-0.1, -0.05) is 5.06 Å². The first kappa shape index (κ1) is 30.5. The van der Waals surface area contributed by atoms with Crippen LogP contribution in [0.1, 0.15) is 73.6 Å². The van der Waals surface area contributed by atoms with Crippen LogP contribution in [0.5, 0.6) is 0 Å². The third kappa shape index (κ3) is 12.8. The molecule has 0 saturated carbocycles. The highest BCUT2D eigenvalue weighted by Crippen LogP contribution is 2.13. The van der Waals surface area contributed by atoms with Gasteiger partial charge in [-0.15, -0.1) is 0 Å². The fourth-order valence-electron chi connectivity index (χ4n) is 2.67. The van der Waals surface area contributed by atoms with Gasteiger partial charge in [0.05, 0.1) is 0 Å². The minimum Gasteiger partial charge on any atom is -0.444 e. The molecule has 0 aromatic heterocycles. The molecular weight excluding hydrogens is 482 g/mol. The van der Waals surface area contributed by atoms with E-state index in [1.807, 2.05) is 0 Å². The molecule has 0 radical (unpaired) electrons. The largest absolute Gasteiger partial charge is 0.536 e. The van der Waals surface area contributed by atoms with Crippen LogP contribution in [-0.2, 0) is 38.2 Å². The second-order valence-corrected chi connectivity index (χ2v) is 9.77. The summed E-state index contributed by atoms with van der Waals surface area (Å²) in [6.07, 6.45) is -2.06. The molecule has 2 N–H and O–H groups in total. The van der Waals surface area contributed by atoms with Crippen LogP contribution in [-0.4, -0.2) is 71.8 Å². The van der Waals surface area contributed by atoms with E-state index < -0.39 is 60.2 Å². The van der Waals surface area contributed by atoms with Gasteiger partial charge in [0, 0.05) is 19.4 Å². The number of imide groups is 1. The van der Waals surface area contributed by atoms with Gasteiger partial charge in [0.1, 0.15) is 17.2 Å². The number of hydroxylamine groups is 2. The van der Waals surface area contributed by atoms with Gasteiger partial charge in [-0.2, -0.15) is 0 Å². The lowest BCUT2D eigenvalue weighted by Gasteiger charge is -2.23. The van der Waals surface area contributed by atoms with Gasteiger partial charge in [-0.25, -0.2) is 19.2 Å². The third-order valence-corrected chi connectivity index (χ3v) is 4.11. The molecule has 1 saturated heterocycles. The summed E-state index contributed by atoms with van der Waals surface area (Å²) in [4.78, 5) is 75.3. The molecule has 0 aliphatic carbocycles. The number of unbranched alkanes of at least 4 members (excludes halogenated alkanes) is 1. The van der Waals surface area contributed by atoms with Crippen molar-refractivity contribution < 1.29 is 52.6 Å². The maximum absolute atomic E-state index is 12.5. The van der Waals surface area contributed by atoms with Crippen LogP contribution in [0.25, 0.3) is 0 Å². The van der Waals surface area contributed by atoms with Crippen LogP contribution in [0, 0.1) is 0 Å². The van der Waals surface area contributed by atoms with Crippen LogP contribution < -0.4 is 10.6 Å². The number of carbonyl (C=O) groups excluding carboxylic acids is 6. The number of rotatable bonds is 10. The Morgan fingerprint density at radius 3 is 1.97 bits per heavy atom. The normalized spacial score (nSPS) is 14.6. The number of ether oxygens (including phenoxy) is 4. The molecule has 1 aliphatic heterocycles. The van der Waals surface area contributed by atoms with E-state index in [2.05, 4.69) is 20.2 Å². The van der Waals surface area contributed by atoms with Crippen molar-refractivity contribution in [3.63, 3.8) is 0 Å². The smallest absolute Gasteiger partial charge is 0.444 e. The SMILES string of the molecule is CC(C)(C)OC(=O)NCCCC[C@H](NC(=O)OC(C)(C)C)C(=O)OCOC(=O)ON1C(=O)CCC1=O. The molecule has 14 heteroatoms. The number of alkyl carbamates (subject to hydrolysis) is 2. The molecule has 1 aliphatic rings. The fraction of sp³-hybridized carbons (Fsp3) is 0.727. The number of esters is 1. The molecule has 0 aromatic carbocycles. The topological polar surface area (TPSA) is 176 Å². The second-order valence-electron chi connectivity index (χ2n) is 9.77. The summed E-state index contributed by atoms with van der Waals surface area (Å²) in [5, 5.41) is 5.26. The highest BCUT2D eigenvalue weighted by Gasteiger charge is 2.33. The number of nitrogens with zero attached hydrogens (tertiary/aromatic N) is 1. The Balaban J connectivity index is 2.53. The van der Waals surface area contributed by atoms with Gasteiger partial charge in [0.15, 0.2) is 0 Å². The highest BCUT2D eigenvalue weighted by molar-refractivity contribution is 6.01. The Kier molecular flexibility index (Phi) is 11.4. The van der Waals surface area contributed by atoms with Crippen LogP contribution in [0.15, 0.2) is 0 Å². The number of hydrogen-bond donors (Lipinski definition) is 2. The van der Waals surface area contributed by atoms with Crippen molar-refractivity contribution in [2.24, 2.45) is 0 Å². The number of nitrogens with one attached hydrogen (secondary N) is 2. The van der Waals surface area contributed by atoms with Gasteiger partial charge < -0.3 is 29.6 Å². The van der Waals surface area contributed by atoms with E-state index >= 15 is 0 Å². The zero-order valence-corrected chi connectivity index (χ0v) is 21.5. The lowest BCUT2D eigenvalue weighted by molar-refractivity contribution is -0.182. The average molecular weight is 518 g/mol. The zero-order valence-electron chi connectivity index (χ0n) is 21.5. The molecule has 0 unspecified atom stereocenters. The monoisotopic (exact) mass is 517 g/mol. The zero-order chi connectivity index (χ0) is 27.5. The van der Waals surface area contributed by atoms with Crippen LogP contribution in [0.4, 0.5) is 14.4 Å². The molecule has 1 heterocycles. The number of amides is 4. The summed E-state index contributed by atoms with van der Waals surface area (Å²) in [5.74, 6) is -2.32. The molecule has 4 amide bonds. The summed E-state index contributed by atoms with van der Waals surface area (Å²) < 4.78 is 19.7. The minimum atomic E-state index is -1.42. The van der Waals surface area contributed by atoms with E-state index in [0.29, 0.717) is 12.8 Å². The summed E-state index contributed by atoms with van der Waals surface area (Å²) in [6.45, 7) is 9.54. The lowest BCUT2D eigenvalue weighted by atomic mass is 10.1. The Bertz CT molecular complexity index is 814. The van der Waals surface area contributed by atoms with Crippen LogP contribution in [0.2, 0.25) is 0 Å². The Morgan fingerprint density at radius 1 is 0.861 bits per heavy atom. The predicted molar refractivity (Wildman–Crippen MR) is 121 cm³/mol. The average Bonchev–Trinajstić information content (AvgIpc) is 3.01. The van der Waals surface area contributed by atoms with Crippen molar-refractivity contribution in [2.75, 3.05) is 13.3 Å². The van der Waals surface area contributed by atoms with Crippen molar-refractivity contribution in [3.05, 3.63) is 0 Å². The van der Waals surface area contributed by atoms with E-state index in [-0.39, 0.29) is 30.9 Å².